The molecular formula is C12H16N2. The Morgan fingerprint density at radius 1 is 1.43 bits per heavy atom. The lowest BCUT2D eigenvalue weighted by Gasteiger charge is -2.11. The second-order valence-electron chi connectivity index (χ2n) is 3.53. The van der Waals surface area contributed by atoms with Gasteiger partial charge in [-0.15, -0.1) is 12.3 Å². The number of rotatable bonds is 3. The third kappa shape index (κ3) is 2.86. The highest BCUT2D eigenvalue weighted by Gasteiger charge is 2.06. The van der Waals surface area contributed by atoms with Crippen molar-refractivity contribution in [1.29, 1.82) is 0 Å². The van der Waals surface area contributed by atoms with Crippen LogP contribution in [0, 0.1) is 26.2 Å². The van der Waals surface area contributed by atoms with E-state index in [0.717, 1.165) is 29.8 Å². The summed E-state index contributed by atoms with van der Waals surface area (Å²) in [5, 5.41) is 0. The maximum atomic E-state index is 6.00. The van der Waals surface area contributed by atoms with Gasteiger partial charge in [-0.2, -0.15) is 0 Å². The van der Waals surface area contributed by atoms with Crippen LogP contribution in [-0.4, -0.2) is 4.98 Å². The molecule has 0 amide bonds. The predicted molar refractivity (Wildman–Crippen MR) is 58.7 cm³/mol. The van der Waals surface area contributed by atoms with Crippen molar-refractivity contribution in [3.63, 3.8) is 0 Å². The first kappa shape index (κ1) is 10.7. The molecule has 2 N–H and O–H groups in total. The molecule has 0 radical (unpaired) electrons. The molecular weight excluding hydrogens is 172 g/mol. The van der Waals surface area contributed by atoms with Crippen LogP contribution in [-0.2, 0) is 0 Å². The van der Waals surface area contributed by atoms with E-state index >= 15 is 0 Å². The van der Waals surface area contributed by atoms with E-state index < -0.39 is 0 Å². The Morgan fingerprint density at radius 2 is 2.00 bits per heavy atom. The molecule has 0 saturated heterocycles. The first-order valence-electron chi connectivity index (χ1n) is 4.77. The quantitative estimate of drug-likeness (QED) is 0.738. The van der Waals surface area contributed by atoms with Crippen molar-refractivity contribution in [2.45, 2.75) is 32.7 Å². The molecule has 0 bridgehead atoms. The summed E-state index contributed by atoms with van der Waals surface area (Å²) in [4.78, 5) is 4.30. The summed E-state index contributed by atoms with van der Waals surface area (Å²) in [5.74, 6) is 2.60. The second-order valence-corrected chi connectivity index (χ2v) is 3.53. The summed E-state index contributed by atoms with van der Waals surface area (Å²) in [7, 11) is 0. The minimum atomic E-state index is 0.0337. The smallest absolute Gasteiger partial charge is 0.0379 e. The Balaban J connectivity index is 2.79. The summed E-state index contributed by atoms with van der Waals surface area (Å²) in [5.41, 5.74) is 9.15. The highest BCUT2D eigenvalue weighted by molar-refractivity contribution is 5.23. The number of nitrogens with zero attached hydrogens (tertiary/aromatic N) is 1. The normalized spacial score (nSPS) is 12.1. The van der Waals surface area contributed by atoms with Crippen LogP contribution in [0.25, 0.3) is 0 Å². The summed E-state index contributed by atoms with van der Waals surface area (Å²) in [6.07, 6.45) is 6.75. The Labute approximate surface area is 85.5 Å². The van der Waals surface area contributed by atoms with Gasteiger partial charge in [-0.05, 0) is 38.0 Å². The Hall–Kier alpha value is -1.33. The highest BCUT2D eigenvalue weighted by atomic mass is 14.7. The molecule has 1 heterocycles. The fourth-order valence-electron chi connectivity index (χ4n) is 1.49. The fraction of sp³-hybridized carbons (Fsp3) is 0.417. The van der Waals surface area contributed by atoms with Gasteiger partial charge in [-0.3, -0.25) is 4.98 Å². The Bertz CT molecular complexity index is 330. The average Bonchev–Trinajstić information content (AvgIpc) is 2.12. The van der Waals surface area contributed by atoms with Gasteiger partial charge in [0.25, 0.3) is 0 Å². The van der Waals surface area contributed by atoms with Gasteiger partial charge in [-0.25, -0.2) is 0 Å². The van der Waals surface area contributed by atoms with E-state index in [9.17, 15) is 0 Å². The molecule has 0 aromatic carbocycles. The van der Waals surface area contributed by atoms with Crippen molar-refractivity contribution >= 4 is 0 Å². The van der Waals surface area contributed by atoms with Crippen LogP contribution < -0.4 is 5.73 Å². The number of pyridine rings is 1. The van der Waals surface area contributed by atoms with Crippen LogP contribution >= 0.6 is 0 Å². The van der Waals surface area contributed by atoms with E-state index in [1.165, 1.54) is 0 Å². The third-order valence-corrected chi connectivity index (χ3v) is 2.13. The van der Waals surface area contributed by atoms with Gasteiger partial charge in [0.2, 0.25) is 0 Å². The molecule has 2 nitrogen and oxygen atoms in total. The van der Waals surface area contributed by atoms with Gasteiger partial charge < -0.3 is 5.73 Å². The SMILES string of the molecule is C#CCCC(N)c1cc(C)nc(C)c1. The van der Waals surface area contributed by atoms with Crippen LogP contribution in [0.4, 0.5) is 0 Å². The molecule has 1 aromatic rings. The van der Waals surface area contributed by atoms with Crippen molar-refractivity contribution < 1.29 is 0 Å². The molecule has 0 spiro atoms. The lowest BCUT2D eigenvalue weighted by Crippen LogP contribution is -2.10. The molecule has 14 heavy (non-hydrogen) atoms. The van der Waals surface area contributed by atoms with E-state index in [2.05, 4.69) is 10.9 Å². The van der Waals surface area contributed by atoms with Crippen molar-refractivity contribution in [2.75, 3.05) is 0 Å². The fourth-order valence-corrected chi connectivity index (χ4v) is 1.49. The van der Waals surface area contributed by atoms with Gasteiger partial charge in [0.15, 0.2) is 0 Å². The molecule has 0 fully saturated rings. The molecule has 0 saturated carbocycles. The zero-order valence-corrected chi connectivity index (χ0v) is 8.75. The van der Waals surface area contributed by atoms with Crippen molar-refractivity contribution in [3.8, 4) is 12.3 Å². The Morgan fingerprint density at radius 3 is 2.50 bits per heavy atom. The number of nitrogens with two attached hydrogens (primary N) is 1. The first-order valence-corrected chi connectivity index (χ1v) is 4.77. The number of terminal acetylenes is 1. The van der Waals surface area contributed by atoms with Crippen LogP contribution in [0.15, 0.2) is 12.1 Å². The molecule has 2 heteroatoms. The van der Waals surface area contributed by atoms with Gasteiger partial charge in [0.1, 0.15) is 0 Å². The lowest BCUT2D eigenvalue weighted by atomic mass is 10.0. The maximum Gasteiger partial charge on any atom is 0.0379 e. The van der Waals surface area contributed by atoms with Crippen LogP contribution in [0.5, 0.6) is 0 Å². The van der Waals surface area contributed by atoms with Gasteiger partial charge in [0, 0.05) is 23.9 Å². The maximum absolute atomic E-state index is 6.00. The summed E-state index contributed by atoms with van der Waals surface area (Å²) in [6.45, 7) is 3.95. The molecule has 1 unspecified atom stereocenters. The number of aryl methyl sites for hydroxylation is 2. The van der Waals surface area contributed by atoms with Gasteiger partial charge in [-0.1, -0.05) is 0 Å². The van der Waals surface area contributed by atoms with E-state index in [1.54, 1.807) is 0 Å². The topological polar surface area (TPSA) is 38.9 Å². The number of hydrogen-bond acceptors (Lipinski definition) is 2. The van der Waals surface area contributed by atoms with Gasteiger partial charge >= 0.3 is 0 Å². The van der Waals surface area contributed by atoms with E-state index in [-0.39, 0.29) is 6.04 Å². The van der Waals surface area contributed by atoms with E-state index in [4.69, 9.17) is 12.2 Å². The third-order valence-electron chi connectivity index (χ3n) is 2.13. The highest BCUT2D eigenvalue weighted by Crippen LogP contribution is 2.16. The largest absolute Gasteiger partial charge is 0.324 e. The average molecular weight is 188 g/mol. The molecule has 1 aromatic heterocycles. The van der Waals surface area contributed by atoms with Crippen LogP contribution in [0.1, 0.15) is 35.8 Å². The predicted octanol–water partition coefficient (Wildman–Crippen LogP) is 2.11. The summed E-state index contributed by atoms with van der Waals surface area (Å²) >= 11 is 0. The Kier molecular flexibility index (Phi) is 3.67. The molecule has 1 rings (SSSR count). The molecule has 74 valence electrons. The van der Waals surface area contributed by atoms with Gasteiger partial charge in [0.05, 0.1) is 0 Å². The minimum absolute atomic E-state index is 0.0337. The molecule has 0 aliphatic carbocycles. The van der Waals surface area contributed by atoms with Crippen molar-refractivity contribution in [2.24, 2.45) is 5.73 Å². The second kappa shape index (κ2) is 4.78. The van der Waals surface area contributed by atoms with E-state index in [0.29, 0.717) is 0 Å². The van der Waals surface area contributed by atoms with Crippen molar-refractivity contribution in [3.05, 3.63) is 29.1 Å². The summed E-state index contributed by atoms with van der Waals surface area (Å²) < 4.78 is 0. The van der Waals surface area contributed by atoms with Crippen molar-refractivity contribution in [1.82, 2.24) is 4.98 Å². The number of aromatic nitrogens is 1. The molecule has 0 aliphatic rings. The molecule has 1 atom stereocenters. The first-order chi connectivity index (χ1) is 6.63. The lowest BCUT2D eigenvalue weighted by molar-refractivity contribution is 0.665. The zero-order chi connectivity index (χ0) is 10.6. The van der Waals surface area contributed by atoms with Crippen LogP contribution in [0.3, 0.4) is 0 Å². The monoisotopic (exact) mass is 188 g/mol. The molecule has 0 aliphatic heterocycles. The number of hydrogen-bond donors (Lipinski definition) is 1. The van der Waals surface area contributed by atoms with Crippen LogP contribution in [0.2, 0.25) is 0 Å². The van der Waals surface area contributed by atoms with E-state index in [1.807, 2.05) is 26.0 Å². The minimum Gasteiger partial charge on any atom is -0.324 e. The summed E-state index contributed by atoms with van der Waals surface area (Å²) in [6, 6.07) is 4.08. The zero-order valence-electron chi connectivity index (χ0n) is 8.75. The standard InChI is InChI=1S/C12H16N2/c1-4-5-6-12(13)11-7-9(2)14-10(3)8-11/h1,7-8,12H,5-6,13H2,2-3H3.